The smallest absolute Gasteiger partial charge is 0.258 e. The first-order valence-electron chi connectivity index (χ1n) is 6.40. The van der Waals surface area contributed by atoms with Gasteiger partial charge in [0.1, 0.15) is 5.75 Å². The Morgan fingerprint density at radius 1 is 1.25 bits per heavy atom. The zero-order valence-electron chi connectivity index (χ0n) is 11.4. The normalized spacial score (nSPS) is 10.3. The van der Waals surface area contributed by atoms with Crippen LogP contribution in [0.5, 0.6) is 5.75 Å². The first-order valence-corrected chi connectivity index (χ1v) is 6.77. The third-order valence-corrected chi connectivity index (χ3v) is 3.36. The molecule has 0 unspecified atom stereocenters. The van der Waals surface area contributed by atoms with Gasteiger partial charge in [0.15, 0.2) is 0 Å². The zero-order valence-corrected chi connectivity index (χ0v) is 12.2. The predicted octanol–water partition coefficient (Wildman–Crippen LogP) is 4.02. The summed E-state index contributed by atoms with van der Waals surface area (Å²) in [7, 11) is 0. The quantitative estimate of drug-likeness (QED) is 0.927. The van der Waals surface area contributed by atoms with E-state index in [2.05, 4.69) is 0 Å². The summed E-state index contributed by atoms with van der Waals surface area (Å²) in [4.78, 5) is 14.2. The first kappa shape index (κ1) is 14.4. The van der Waals surface area contributed by atoms with Crippen LogP contribution in [0.4, 0.5) is 5.69 Å². The van der Waals surface area contributed by atoms with Gasteiger partial charge < -0.3 is 10.0 Å². The average Bonchev–Trinajstić information content (AvgIpc) is 2.39. The number of benzene rings is 2. The number of nitrogens with zero attached hydrogens (tertiary/aromatic N) is 1. The lowest BCUT2D eigenvalue weighted by atomic mass is 10.1. The van der Waals surface area contributed by atoms with E-state index in [1.165, 1.54) is 0 Å². The van der Waals surface area contributed by atoms with E-state index < -0.39 is 0 Å². The minimum absolute atomic E-state index is 0.104. The fourth-order valence-electron chi connectivity index (χ4n) is 2.12. The van der Waals surface area contributed by atoms with Gasteiger partial charge in [-0.05, 0) is 49.7 Å². The van der Waals surface area contributed by atoms with Gasteiger partial charge in [0.25, 0.3) is 5.91 Å². The lowest BCUT2D eigenvalue weighted by Gasteiger charge is -2.22. The standard InChI is InChI=1S/C16H16ClNO2/c1-3-18(13-5-4-6-14(19)10-13)16(20)15-8-7-12(17)9-11(15)2/h4-10,19H,3H2,1-2H3. The first-order chi connectivity index (χ1) is 9.52. The number of carbonyl (C=O) groups is 1. The molecule has 0 atom stereocenters. The second-order valence-corrected chi connectivity index (χ2v) is 4.96. The van der Waals surface area contributed by atoms with Gasteiger partial charge in [0.05, 0.1) is 0 Å². The second-order valence-electron chi connectivity index (χ2n) is 4.53. The van der Waals surface area contributed by atoms with Crippen LogP contribution in [-0.4, -0.2) is 17.6 Å². The molecule has 0 aliphatic heterocycles. The molecule has 0 aliphatic rings. The van der Waals surface area contributed by atoms with E-state index in [1.807, 2.05) is 13.8 Å². The number of hydrogen-bond donors (Lipinski definition) is 1. The lowest BCUT2D eigenvalue weighted by Crippen LogP contribution is -2.31. The Morgan fingerprint density at radius 3 is 2.60 bits per heavy atom. The van der Waals surface area contributed by atoms with E-state index in [9.17, 15) is 9.90 Å². The maximum absolute atomic E-state index is 12.6. The van der Waals surface area contributed by atoms with Crippen LogP contribution in [0.1, 0.15) is 22.8 Å². The Labute approximate surface area is 123 Å². The van der Waals surface area contributed by atoms with E-state index in [-0.39, 0.29) is 11.7 Å². The summed E-state index contributed by atoms with van der Waals surface area (Å²) >= 11 is 5.91. The van der Waals surface area contributed by atoms with Crippen molar-refractivity contribution in [2.75, 3.05) is 11.4 Å². The van der Waals surface area contributed by atoms with Crippen molar-refractivity contribution in [3.05, 3.63) is 58.6 Å². The lowest BCUT2D eigenvalue weighted by molar-refractivity contribution is 0.0988. The van der Waals surface area contributed by atoms with Crippen LogP contribution in [0, 0.1) is 6.92 Å². The van der Waals surface area contributed by atoms with Crippen LogP contribution < -0.4 is 4.90 Å². The monoisotopic (exact) mass is 289 g/mol. The Bertz CT molecular complexity index is 640. The molecule has 0 heterocycles. The maximum Gasteiger partial charge on any atom is 0.258 e. The van der Waals surface area contributed by atoms with Gasteiger partial charge in [0.2, 0.25) is 0 Å². The molecule has 2 rings (SSSR count). The Hall–Kier alpha value is -2.00. The molecule has 0 aliphatic carbocycles. The SMILES string of the molecule is CCN(C(=O)c1ccc(Cl)cc1C)c1cccc(O)c1. The number of amides is 1. The van der Waals surface area contributed by atoms with Crippen molar-refractivity contribution < 1.29 is 9.90 Å². The summed E-state index contributed by atoms with van der Waals surface area (Å²) in [6, 6.07) is 11.9. The molecular formula is C16H16ClNO2. The van der Waals surface area contributed by atoms with Gasteiger partial charge in [0, 0.05) is 28.9 Å². The molecular weight excluding hydrogens is 274 g/mol. The highest BCUT2D eigenvalue weighted by Crippen LogP contribution is 2.23. The van der Waals surface area contributed by atoms with Crippen molar-refractivity contribution in [3.8, 4) is 5.75 Å². The molecule has 0 spiro atoms. The summed E-state index contributed by atoms with van der Waals surface area (Å²) in [5.74, 6) is 0.0360. The largest absolute Gasteiger partial charge is 0.508 e. The third-order valence-electron chi connectivity index (χ3n) is 3.12. The van der Waals surface area contributed by atoms with Crippen LogP contribution in [0.15, 0.2) is 42.5 Å². The molecule has 0 bridgehead atoms. The van der Waals surface area contributed by atoms with Crippen molar-refractivity contribution in [2.24, 2.45) is 0 Å². The van der Waals surface area contributed by atoms with Gasteiger partial charge in [-0.25, -0.2) is 0 Å². The van der Waals surface area contributed by atoms with Crippen molar-refractivity contribution >= 4 is 23.2 Å². The molecule has 3 nitrogen and oxygen atoms in total. The van der Waals surface area contributed by atoms with Crippen LogP contribution in [0.3, 0.4) is 0 Å². The molecule has 2 aromatic carbocycles. The molecule has 0 aromatic heterocycles. The molecule has 104 valence electrons. The zero-order chi connectivity index (χ0) is 14.7. The minimum atomic E-state index is -0.104. The molecule has 1 N–H and O–H groups in total. The number of phenolic OH excluding ortho intramolecular Hbond substituents is 1. The summed E-state index contributed by atoms with van der Waals surface area (Å²) in [6.07, 6.45) is 0. The van der Waals surface area contributed by atoms with Crippen LogP contribution in [0.2, 0.25) is 5.02 Å². The van der Waals surface area contributed by atoms with Crippen molar-refractivity contribution in [2.45, 2.75) is 13.8 Å². The van der Waals surface area contributed by atoms with Gasteiger partial charge in [-0.15, -0.1) is 0 Å². The molecule has 0 saturated carbocycles. The Morgan fingerprint density at radius 2 is 2.00 bits per heavy atom. The molecule has 20 heavy (non-hydrogen) atoms. The minimum Gasteiger partial charge on any atom is -0.508 e. The van der Waals surface area contributed by atoms with E-state index >= 15 is 0 Å². The van der Waals surface area contributed by atoms with Gasteiger partial charge in [-0.2, -0.15) is 0 Å². The third kappa shape index (κ3) is 2.94. The number of phenols is 1. The van der Waals surface area contributed by atoms with E-state index in [1.54, 1.807) is 47.4 Å². The number of aromatic hydroxyl groups is 1. The van der Waals surface area contributed by atoms with Crippen LogP contribution >= 0.6 is 11.6 Å². The predicted molar refractivity (Wildman–Crippen MR) is 81.6 cm³/mol. The van der Waals surface area contributed by atoms with E-state index in [4.69, 9.17) is 11.6 Å². The highest BCUT2D eigenvalue weighted by molar-refractivity contribution is 6.30. The number of carbonyl (C=O) groups excluding carboxylic acids is 1. The van der Waals surface area contributed by atoms with Crippen molar-refractivity contribution in [3.63, 3.8) is 0 Å². The summed E-state index contributed by atoms with van der Waals surface area (Å²) < 4.78 is 0. The summed E-state index contributed by atoms with van der Waals surface area (Å²) in [5, 5.41) is 10.2. The molecule has 0 fully saturated rings. The number of halogens is 1. The number of anilines is 1. The molecule has 4 heteroatoms. The van der Waals surface area contributed by atoms with Gasteiger partial charge >= 0.3 is 0 Å². The van der Waals surface area contributed by atoms with Crippen LogP contribution in [-0.2, 0) is 0 Å². The number of hydrogen-bond acceptors (Lipinski definition) is 2. The van der Waals surface area contributed by atoms with Crippen molar-refractivity contribution in [1.29, 1.82) is 0 Å². The fourth-order valence-corrected chi connectivity index (χ4v) is 2.34. The summed E-state index contributed by atoms with van der Waals surface area (Å²) in [5.41, 5.74) is 2.12. The topological polar surface area (TPSA) is 40.5 Å². The molecule has 0 radical (unpaired) electrons. The Balaban J connectivity index is 2.39. The van der Waals surface area contributed by atoms with Gasteiger partial charge in [-0.3, -0.25) is 4.79 Å². The van der Waals surface area contributed by atoms with Crippen molar-refractivity contribution in [1.82, 2.24) is 0 Å². The highest BCUT2D eigenvalue weighted by Gasteiger charge is 2.18. The maximum atomic E-state index is 12.6. The molecule has 1 amide bonds. The number of rotatable bonds is 3. The highest BCUT2D eigenvalue weighted by atomic mass is 35.5. The molecule has 0 saturated heterocycles. The van der Waals surface area contributed by atoms with E-state index in [0.717, 1.165) is 5.56 Å². The number of aryl methyl sites for hydroxylation is 1. The van der Waals surface area contributed by atoms with E-state index in [0.29, 0.717) is 22.8 Å². The summed E-state index contributed by atoms with van der Waals surface area (Å²) in [6.45, 7) is 4.27. The second kappa shape index (κ2) is 5.97. The Kier molecular flexibility index (Phi) is 4.30. The average molecular weight is 290 g/mol. The fraction of sp³-hybridized carbons (Fsp3) is 0.188. The van der Waals surface area contributed by atoms with Gasteiger partial charge in [-0.1, -0.05) is 17.7 Å². The van der Waals surface area contributed by atoms with Crippen LogP contribution in [0.25, 0.3) is 0 Å². The molecule has 2 aromatic rings.